The zero-order valence-corrected chi connectivity index (χ0v) is 11.3. The molecule has 0 aliphatic heterocycles. The number of hydrogen-bond acceptors (Lipinski definition) is 4. The molecule has 0 aromatic carbocycles. The Hall–Kier alpha value is -1.35. The van der Waals surface area contributed by atoms with E-state index in [1.165, 1.54) is 0 Å². The van der Waals surface area contributed by atoms with Crippen LogP contribution in [0.15, 0.2) is 12.1 Å². The third kappa shape index (κ3) is 5.82. The predicted molar refractivity (Wildman–Crippen MR) is 73.2 cm³/mol. The third-order valence-corrected chi connectivity index (χ3v) is 3.19. The van der Waals surface area contributed by atoms with Crippen LogP contribution in [0.5, 0.6) is 0 Å². The minimum atomic E-state index is 0.0510. The Morgan fingerprint density at radius 3 is 3.11 bits per heavy atom. The highest BCUT2D eigenvalue weighted by Crippen LogP contribution is 2.14. The van der Waals surface area contributed by atoms with Gasteiger partial charge in [0.1, 0.15) is 0 Å². The van der Waals surface area contributed by atoms with Crippen molar-refractivity contribution in [3.05, 3.63) is 21.9 Å². The standard InChI is InChI=1S/C13H18N2O2S/c1-17-9-3-5-13(16)15-10-12-7-6-11(18-12)4-2-8-14/h6-7H,3,5,8-10,14H2,1H3,(H,15,16). The molecule has 0 saturated heterocycles. The molecular formula is C13H18N2O2S. The normalized spacial score (nSPS) is 9.67. The van der Waals surface area contributed by atoms with Crippen LogP contribution in [0.4, 0.5) is 0 Å². The van der Waals surface area contributed by atoms with Gasteiger partial charge in [-0.1, -0.05) is 11.8 Å². The second-order valence-corrected chi connectivity index (χ2v) is 4.81. The molecule has 0 unspecified atom stereocenters. The van der Waals surface area contributed by atoms with Gasteiger partial charge in [0.15, 0.2) is 0 Å². The van der Waals surface area contributed by atoms with Crippen LogP contribution in [0.25, 0.3) is 0 Å². The summed E-state index contributed by atoms with van der Waals surface area (Å²) in [6.45, 7) is 1.54. The first kappa shape index (κ1) is 14.7. The predicted octanol–water partition coefficient (Wildman–Crippen LogP) is 1.10. The number of rotatable bonds is 6. The minimum Gasteiger partial charge on any atom is -0.385 e. The largest absolute Gasteiger partial charge is 0.385 e. The first-order valence-corrected chi connectivity index (χ1v) is 6.61. The van der Waals surface area contributed by atoms with E-state index in [1.807, 2.05) is 12.1 Å². The van der Waals surface area contributed by atoms with Gasteiger partial charge in [-0.25, -0.2) is 0 Å². The molecule has 0 bridgehead atoms. The van der Waals surface area contributed by atoms with Crippen LogP contribution < -0.4 is 11.1 Å². The maximum atomic E-state index is 11.5. The molecule has 0 aliphatic carbocycles. The van der Waals surface area contributed by atoms with Crippen molar-refractivity contribution in [3.63, 3.8) is 0 Å². The molecule has 0 atom stereocenters. The molecule has 0 spiro atoms. The number of amides is 1. The number of methoxy groups -OCH3 is 1. The molecule has 0 fully saturated rings. The lowest BCUT2D eigenvalue weighted by atomic mass is 10.3. The summed E-state index contributed by atoms with van der Waals surface area (Å²) in [7, 11) is 1.63. The van der Waals surface area contributed by atoms with Crippen LogP contribution in [-0.4, -0.2) is 26.2 Å². The van der Waals surface area contributed by atoms with E-state index >= 15 is 0 Å². The lowest BCUT2D eigenvalue weighted by Gasteiger charge is -2.02. The van der Waals surface area contributed by atoms with Gasteiger partial charge in [-0.3, -0.25) is 4.79 Å². The fourth-order valence-electron chi connectivity index (χ4n) is 1.33. The summed E-state index contributed by atoms with van der Waals surface area (Å²) in [5, 5.41) is 2.87. The second-order valence-electron chi connectivity index (χ2n) is 3.64. The monoisotopic (exact) mass is 266 g/mol. The molecule has 1 aromatic rings. The Balaban J connectivity index is 2.30. The van der Waals surface area contributed by atoms with E-state index in [4.69, 9.17) is 10.5 Å². The Morgan fingerprint density at radius 1 is 1.56 bits per heavy atom. The van der Waals surface area contributed by atoms with Crippen LogP contribution in [0.2, 0.25) is 0 Å². The fraction of sp³-hybridized carbons (Fsp3) is 0.462. The van der Waals surface area contributed by atoms with E-state index in [2.05, 4.69) is 17.2 Å². The zero-order chi connectivity index (χ0) is 13.2. The molecule has 5 heteroatoms. The van der Waals surface area contributed by atoms with Gasteiger partial charge in [0.25, 0.3) is 0 Å². The van der Waals surface area contributed by atoms with Gasteiger partial charge in [-0.2, -0.15) is 0 Å². The number of hydrogen-bond donors (Lipinski definition) is 2. The topological polar surface area (TPSA) is 64.3 Å². The molecule has 0 aliphatic rings. The van der Waals surface area contributed by atoms with E-state index in [-0.39, 0.29) is 5.91 Å². The molecule has 1 aromatic heterocycles. The van der Waals surface area contributed by atoms with Crippen molar-refractivity contribution in [1.29, 1.82) is 0 Å². The molecule has 1 heterocycles. The van der Waals surface area contributed by atoms with Gasteiger partial charge in [0.05, 0.1) is 18.0 Å². The van der Waals surface area contributed by atoms with Crippen LogP contribution in [0, 0.1) is 11.8 Å². The second kappa shape index (κ2) is 8.70. The highest BCUT2D eigenvalue weighted by molar-refractivity contribution is 7.12. The number of nitrogens with one attached hydrogen (secondary N) is 1. The first-order valence-electron chi connectivity index (χ1n) is 5.79. The van der Waals surface area contributed by atoms with E-state index in [0.717, 1.165) is 16.2 Å². The Morgan fingerprint density at radius 2 is 2.39 bits per heavy atom. The highest BCUT2D eigenvalue weighted by atomic mass is 32.1. The molecule has 1 amide bonds. The van der Waals surface area contributed by atoms with E-state index in [9.17, 15) is 4.79 Å². The molecule has 0 radical (unpaired) electrons. The van der Waals surface area contributed by atoms with Crippen molar-refractivity contribution in [3.8, 4) is 11.8 Å². The summed E-state index contributed by atoms with van der Waals surface area (Å²) >= 11 is 1.57. The summed E-state index contributed by atoms with van der Waals surface area (Å²) in [6, 6.07) is 3.92. The van der Waals surface area contributed by atoms with Crippen molar-refractivity contribution in [2.75, 3.05) is 20.3 Å². The summed E-state index contributed by atoms with van der Waals surface area (Å²) in [6.07, 6.45) is 1.25. The van der Waals surface area contributed by atoms with E-state index < -0.39 is 0 Å². The first-order chi connectivity index (χ1) is 8.76. The molecule has 1 rings (SSSR count). The van der Waals surface area contributed by atoms with Gasteiger partial charge in [-0.15, -0.1) is 11.3 Å². The van der Waals surface area contributed by atoms with Gasteiger partial charge in [0.2, 0.25) is 5.91 Å². The number of carbonyl (C=O) groups excluding carboxylic acids is 1. The molecule has 18 heavy (non-hydrogen) atoms. The van der Waals surface area contributed by atoms with Gasteiger partial charge in [0, 0.05) is 25.0 Å². The minimum absolute atomic E-state index is 0.0510. The quantitative estimate of drug-likeness (QED) is 0.598. The molecular weight excluding hydrogens is 248 g/mol. The van der Waals surface area contributed by atoms with Crippen LogP contribution in [0.3, 0.4) is 0 Å². The maximum Gasteiger partial charge on any atom is 0.220 e. The van der Waals surface area contributed by atoms with Crippen LogP contribution >= 0.6 is 11.3 Å². The van der Waals surface area contributed by atoms with Crippen molar-refractivity contribution in [2.45, 2.75) is 19.4 Å². The maximum absolute atomic E-state index is 11.5. The molecule has 4 nitrogen and oxygen atoms in total. The summed E-state index contributed by atoms with van der Waals surface area (Å²) in [5.41, 5.74) is 5.30. The van der Waals surface area contributed by atoms with E-state index in [0.29, 0.717) is 26.1 Å². The summed E-state index contributed by atoms with van der Waals surface area (Å²) in [4.78, 5) is 13.5. The molecule has 3 N–H and O–H groups in total. The third-order valence-electron chi connectivity index (χ3n) is 2.19. The average molecular weight is 266 g/mol. The Kier molecular flexibility index (Phi) is 7.11. The SMILES string of the molecule is COCCCC(=O)NCc1ccc(C#CCN)s1. The molecule has 0 saturated carbocycles. The highest BCUT2D eigenvalue weighted by Gasteiger charge is 2.02. The number of thiophene rings is 1. The van der Waals surface area contributed by atoms with E-state index in [1.54, 1.807) is 18.4 Å². The van der Waals surface area contributed by atoms with Crippen molar-refractivity contribution < 1.29 is 9.53 Å². The summed E-state index contributed by atoms with van der Waals surface area (Å²) < 4.78 is 4.89. The Bertz CT molecular complexity index is 432. The van der Waals surface area contributed by atoms with Crippen LogP contribution in [0.1, 0.15) is 22.6 Å². The van der Waals surface area contributed by atoms with Crippen molar-refractivity contribution in [2.24, 2.45) is 5.73 Å². The fourth-order valence-corrected chi connectivity index (χ4v) is 2.15. The lowest BCUT2D eigenvalue weighted by Crippen LogP contribution is -2.22. The smallest absolute Gasteiger partial charge is 0.220 e. The number of ether oxygens (including phenoxy) is 1. The van der Waals surface area contributed by atoms with Gasteiger partial charge < -0.3 is 15.8 Å². The average Bonchev–Trinajstić information content (AvgIpc) is 2.82. The lowest BCUT2D eigenvalue weighted by molar-refractivity contribution is -0.121. The number of carbonyl (C=O) groups is 1. The van der Waals surface area contributed by atoms with Gasteiger partial charge in [-0.05, 0) is 18.6 Å². The summed E-state index contributed by atoms with van der Waals surface area (Å²) in [5.74, 6) is 5.82. The van der Waals surface area contributed by atoms with Crippen LogP contribution in [-0.2, 0) is 16.1 Å². The van der Waals surface area contributed by atoms with Crippen molar-refractivity contribution >= 4 is 17.2 Å². The zero-order valence-electron chi connectivity index (χ0n) is 10.5. The van der Waals surface area contributed by atoms with Gasteiger partial charge >= 0.3 is 0 Å². The van der Waals surface area contributed by atoms with Crippen molar-refractivity contribution in [1.82, 2.24) is 5.32 Å². The Labute approximate surface area is 112 Å². The molecule has 98 valence electrons. The number of nitrogens with two attached hydrogens (primary N) is 1.